The van der Waals surface area contributed by atoms with Crippen LogP contribution in [0, 0.1) is 0 Å². The molecular formula is C31H43N5O5. The Morgan fingerprint density at radius 2 is 1.66 bits per heavy atom. The van der Waals surface area contributed by atoms with Crippen LogP contribution in [-0.2, 0) is 19.9 Å². The fraction of sp³-hybridized carbons (Fsp3) is 0.613. The van der Waals surface area contributed by atoms with Crippen LogP contribution in [0.4, 0.5) is 4.79 Å². The first kappa shape index (κ1) is 29.4. The zero-order valence-corrected chi connectivity index (χ0v) is 25.1. The van der Waals surface area contributed by atoms with Crippen LogP contribution in [0.3, 0.4) is 0 Å². The monoisotopic (exact) mass is 565 g/mol. The zero-order chi connectivity index (χ0) is 29.4. The fourth-order valence-corrected chi connectivity index (χ4v) is 5.60. The third kappa shape index (κ3) is 6.55. The van der Waals surface area contributed by atoms with E-state index in [2.05, 4.69) is 41.0 Å². The Bertz CT molecular complexity index is 1210. The minimum absolute atomic E-state index is 0.0360. The van der Waals surface area contributed by atoms with Gasteiger partial charge >= 0.3 is 6.09 Å². The van der Waals surface area contributed by atoms with Crippen molar-refractivity contribution in [2.45, 2.75) is 82.8 Å². The lowest BCUT2D eigenvalue weighted by Crippen LogP contribution is -2.50. The number of carbonyl (C=O) groups excluding carboxylic acids is 2. The molecule has 0 N–H and O–H groups in total. The zero-order valence-electron chi connectivity index (χ0n) is 25.1. The number of hydrogen-bond acceptors (Lipinski definition) is 8. The van der Waals surface area contributed by atoms with Crippen LogP contribution >= 0.6 is 0 Å². The molecule has 1 aromatic heterocycles. The van der Waals surface area contributed by atoms with E-state index in [1.54, 1.807) is 24.4 Å². The van der Waals surface area contributed by atoms with Gasteiger partial charge in [0.25, 0.3) is 5.91 Å². The third-order valence-electron chi connectivity index (χ3n) is 8.23. The molecule has 1 saturated carbocycles. The molecule has 222 valence electrons. The van der Waals surface area contributed by atoms with Gasteiger partial charge in [-0.2, -0.15) is 0 Å². The number of likely N-dealkylation sites (N-methyl/N-ethyl adjacent to an activating group) is 1. The van der Waals surface area contributed by atoms with Gasteiger partial charge in [0.1, 0.15) is 5.60 Å². The van der Waals surface area contributed by atoms with E-state index >= 15 is 0 Å². The Kier molecular flexibility index (Phi) is 8.36. The molecule has 2 atom stereocenters. The number of piperidine rings is 1. The second-order valence-electron chi connectivity index (χ2n) is 12.5. The molecule has 0 bridgehead atoms. The predicted molar refractivity (Wildman–Crippen MR) is 154 cm³/mol. The van der Waals surface area contributed by atoms with E-state index in [4.69, 9.17) is 14.2 Å². The van der Waals surface area contributed by atoms with Crippen molar-refractivity contribution in [2.75, 3.05) is 40.5 Å². The van der Waals surface area contributed by atoms with Crippen molar-refractivity contribution in [1.29, 1.82) is 0 Å². The highest BCUT2D eigenvalue weighted by molar-refractivity contribution is 5.94. The lowest BCUT2D eigenvalue weighted by molar-refractivity contribution is 0.0142. The Morgan fingerprint density at radius 1 is 1.07 bits per heavy atom. The van der Waals surface area contributed by atoms with Crippen LogP contribution < -0.4 is 0 Å². The summed E-state index contributed by atoms with van der Waals surface area (Å²) in [4.78, 5) is 41.2. The largest absolute Gasteiger partial charge is 0.444 e. The number of epoxide rings is 1. The number of rotatable bonds is 9. The summed E-state index contributed by atoms with van der Waals surface area (Å²) in [7, 11) is 3.76. The summed E-state index contributed by atoms with van der Waals surface area (Å²) in [6.07, 6.45) is 6.46. The second kappa shape index (κ2) is 11.7. The highest BCUT2D eigenvalue weighted by atomic mass is 16.6. The van der Waals surface area contributed by atoms with Gasteiger partial charge in [-0.1, -0.05) is 24.3 Å². The Hall–Kier alpha value is -3.08. The van der Waals surface area contributed by atoms with E-state index in [1.807, 2.05) is 37.8 Å². The van der Waals surface area contributed by atoms with Gasteiger partial charge in [-0.05, 0) is 60.4 Å². The lowest BCUT2D eigenvalue weighted by Gasteiger charge is -2.39. The molecule has 1 aromatic carbocycles. The molecule has 10 heteroatoms. The van der Waals surface area contributed by atoms with E-state index < -0.39 is 11.3 Å². The summed E-state index contributed by atoms with van der Waals surface area (Å²) < 4.78 is 16.8. The van der Waals surface area contributed by atoms with Crippen LogP contribution in [0.1, 0.15) is 69.3 Å². The minimum Gasteiger partial charge on any atom is -0.444 e. The predicted octanol–water partition coefficient (Wildman–Crippen LogP) is 4.30. The standard InChI is InChI=1S/C31H43N5O5/c1-21(19-39-6)34(5)31(20-40-31)24-9-7-22(8-10-24)27-32-17-23(18-33-27)28(37)36(25-11-12-25)26-13-15-35(16-14-26)29(38)41-30(2,3)4/h7-10,17-18,21,25-26H,11-16,19-20H2,1-6H3. The molecule has 0 radical (unpaired) electrons. The summed E-state index contributed by atoms with van der Waals surface area (Å²) >= 11 is 0. The maximum absolute atomic E-state index is 13.6. The van der Waals surface area contributed by atoms with Crippen molar-refractivity contribution in [1.82, 2.24) is 24.7 Å². The van der Waals surface area contributed by atoms with E-state index in [0.29, 0.717) is 37.7 Å². The summed E-state index contributed by atoms with van der Waals surface area (Å²) in [5, 5.41) is 0. The first-order chi connectivity index (χ1) is 19.5. The second-order valence-corrected chi connectivity index (χ2v) is 12.5. The van der Waals surface area contributed by atoms with Crippen molar-refractivity contribution >= 4 is 12.0 Å². The van der Waals surface area contributed by atoms with E-state index in [1.165, 1.54) is 0 Å². The van der Waals surface area contributed by atoms with Gasteiger partial charge in [0.2, 0.25) is 0 Å². The highest BCUT2D eigenvalue weighted by Gasteiger charge is 2.51. The molecule has 5 rings (SSSR count). The molecule has 1 aliphatic carbocycles. The molecule has 10 nitrogen and oxygen atoms in total. The number of aromatic nitrogens is 2. The van der Waals surface area contributed by atoms with Crippen LogP contribution in [-0.4, -0.2) is 101 Å². The molecule has 2 unspecified atom stereocenters. The first-order valence-electron chi connectivity index (χ1n) is 14.6. The molecule has 2 saturated heterocycles. The van der Waals surface area contributed by atoms with E-state index in [-0.39, 0.29) is 30.1 Å². The summed E-state index contributed by atoms with van der Waals surface area (Å²) in [5.74, 6) is 0.537. The topological polar surface area (TPSA) is 101 Å². The van der Waals surface area contributed by atoms with Crippen molar-refractivity contribution < 1.29 is 23.8 Å². The minimum atomic E-state index is -0.522. The van der Waals surface area contributed by atoms with Crippen LogP contribution in [0.2, 0.25) is 0 Å². The Balaban J connectivity index is 1.22. The van der Waals surface area contributed by atoms with Gasteiger partial charge in [0.05, 0.1) is 18.8 Å². The maximum Gasteiger partial charge on any atom is 0.410 e. The summed E-state index contributed by atoms with van der Waals surface area (Å²) in [6, 6.07) is 8.65. The van der Waals surface area contributed by atoms with Gasteiger partial charge in [-0.3, -0.25) is 9.69 Å². The van der Waals surface area contributed by atoms with Gasteiger partial charge < -0.3 is 24.0 Å². The van der Waals surface area contributed by atoms with Crippen molar-refractivity contribution in [3.63, 3.8) is 0 Å². The number of benzene rings is 1. The lowest BCUT2D eigenvalue weighted by atomic mass is 10.0. The average molecular weight is 566 g/mol. The number of nitrogens with zero attached hydrogens (tertiary/aromatic N) is 5. The molecule has 3 fully saturated rings. The summed E-state index contributed by atoms with van der Waals surface area (Å²) in [6.45, 7) is 10.2. The highest BCUT2D eigenvalue weighted by Crippen LogP contribution is 2.43. The number of likely N-dealkylation sites (tertiary alicyclic amines) is 1. The van der Waals surface area contributed by atoms with Crippen LogP contribution in [0.5, 0.6) is 0 Å². The Labute approximate surface area is 243 Å². The van der Waals surface area contributed by atoms with E-state index in [9.17, 15) is 9.59 Å². The average Bonchev–Trinajstić information content (AvgIpc) is 3.88. The molecule has 2 aromatic rings. The van der Waals surface area contributed by atoms with Gasteiger partial charge in [-0.15, -0.1) is 0 Å². The Morgan fingerprint density at radius 3 is 2.17 bits per heavy atom. The van der Waals surface area contributed by atoms with Gasteiger partial charge in [0, 0.05) is 61.8 Å². The quantitative estimate of drug-likeness (QED) is 0.415. The number of hydrogen-bond donors (Lipinski definition) is 0. The molecule has 0 spiro atoms. The van der Waals surface area contributed by atoms with Crippen LogP contribution in [0.25, 0.3) is 11.4 Å². The van der Waals surface area contributed by atoms with Crippen LogP contribution in [0.15, 0.2) is 36.7 Å². The summed E-state index contributed by atoms with van der Waals surface area (Å²) in [5.41, 5.74) is 1.50. The van der Waals surface area contributed by atoms with Gasteiger partial charge in [0.15, 0.2) is 11.5 Å². The SMILES string of the molecule is COCC(C)N(C)C1(c2ccc(-c3ncc(C(=O)N(C4CC4)C4CCN(C(=O)OC(C)(C)C)CC4)cn3)cc2)CO1. The number of amides is 2. The van der Waals surface area contributed by atoms with Crippen molar-refractivity contribution in [3.05, 3.63) is 47.8 Å². The van der Waals surface area contributed by atoms with Crippen molar-refractivity contribution in [3.8, 4) is 11.4 Å². The molecular weight excluding hydrogens is 522 g/mol. The first-order valence-corrected chi connectivity index (χ1v) is 14.6. The molecule has 2 amide bonds. The number of carbonyl (C=O) groups is 2. The fourth-order valence-electron chi connectivity index (χ4n) is 5.60. The smallest absolute Gasteiger partial charge is 0.410 e. The van der Waals surface area contributed by atoms with Gasteiger partial charge in [-0.25, -0.2) is 14.8 Å². The molecule has 3 aliphatic rings. The molecule has 3 heterocycles. The third-order valence-corrected chi connectivity index (χ3v) is 8.23. The normalized spacial score (nSPS) is 22.0. The molecule has 2 aliphatic heterocycles. The van der Waals surface area contributed by atoms with Crippen molar-refractivity contribution in [2.24, 2.45) is 0 Å². The van der Waals surface area contributed by atoms with E-state index in [0.717, 1.165) is 36.8 Å². The number of ether oxygens (including phenoxy) is 3. The number of methoxy groups -OCH3 is 1. The molecule has 41 heavy (non-hydrogen) atoms. The maximum atomic E-state index is 13.6.